The maximum atomic E-state index is 2.26. The molecule has 23 heavy (non-hydrogen) atoms. The fraction of sp³-hybridized carbons (Fsp3) is 0.478. The van der Waals surface area contributed by atoms with Gasteiger partial charge in [0.1, 0.15) is 0 Å². The normalized spacial score (nSPS) is 11.7. The predicted molar refractivity (Wildman–Crippen MR) is 104 cm³/mol. The molecule has 0 unspecified atom stereocenters. The maximum absolute atomic E-state index is 2.26. The van der Waals surface area contributed by atoms with Gasteiger partial charge in [0.25, 0.3) is 0 Å². The van der Waals surface area contributed by atoms with Crippen molar-refractivity contribution in [2.75, 3.05) is 0 Å². The molecule has 0 heteroatoms. The summed E-state index contributed by atoms with van der Waals surface area (Å²) in [4.78, 5) is 0. The first kappa shape index (κ1) is 19.5. The maximum Gasteiger partial charge on any atom is -0.00258 e. The molecule has 0 aromatic heterocycles. The summed E-state index contributed by atoms with van der Waals surface area (Å²) in [5.74, 6) is 0. The molecular weight excluding hydrogens is 276 g/mol. The summed E-state index contributed by atoms with van der Waals surface area (Å²) in [6, 6.07) is 18.1. The van der Waals surface area contributed by atoms with Gasteiger partial charge in [-0.2, -0.15) is 0 Å². The number of rotatable bonds is 2. The van der Waals surface area contributed by atoms with Crippen LogP contribution in [0.2, 0.25) is 0 Å². The molecule has 2 aromatic carbocycles. The highest BCUT2D eigenvalue weighted by atomic mass is 14.2. The molecule has 0 fully saturated rings. The lowest BCUT2D eigenvalue weighted by molar-refractivity contribution is 0.590. The molecule has 2 rings (SSSR count). The van der Waals surface area contributed by atoms with Gasteiger partial charge in [0.05, 0.1) is 0 Å². The molecule has 0 saturated heterocycles. The molecule has 0 N–H and O–H groups in total. The number of hydrogen-bond acceptors (Lipinski definition) is 0. The summed E-state index contributed by atoms with van der Waals surface area (Å²) in [6.07, 6.45) is 1.01. The van der Waals surface area contributed by atoms with E-state index < -0.39 is 0 Å². The van der Waals surface area contributed by atoms with Crippen LogP contribution in [-0.4, -0.2) is 0 Å². The highest BCUT2D eigenvalue weighted by Crippen LogP contribution is 2.24. The zero-order valence-electron chi connectivity index (χ0n) is 16.3. The van der Waals surface area contributed by atoms with E-state index in [1.807, 2.05) is 13.8 Å². The van der Waals surface area contributed by atoms with Crippen LogP contribution in [-0.2, 0) is 17.3 Å². The minimum atomic E-state index is 0.229. The highest BCUT2D eigenvalue weighted by molar-refractivity contribution is 5.33. The van der Waals surface area contributed by atoms with E-state index in [0.29, 0.717) is 0 Å². The molecule has 0 heterocycles. The van der Waals surface area contributed by atoms with Crippen molar-refractivity contribution in [1.82, 2.24) is 0 Å². The van der Waals surface area contributed by atoms with E-state index in [2.05, 4.69) is 90.1 Å². The van der Waals surface area contributed by atoms with Gasteiger partial charge < -0.3 is 0 Å². The summed E-state index contributed by atoms with van der Waals surface area (Å²) < 4.78 is 0. The Labute approximate surface area is 144 Å². The van der Waals surface area contributed by atoms with Crippen molar-refractivity contribution in [2.45, 2.75) is 72.6 Å². The van der Waals surface area contributed by atoms with E-state index in [0.717, 1.165) is 6.42 Å². The van der Waals surface area contributed by atoms with E-state index in [1.165, 1.54) is 22.3 Å². The Morgan fingerprint density at radius 1 is 0.522 bits per heavy atom. The smallest absolute Gasteiger partial charge is 0.00258 e. The summed E-state index contributed by atoms with van der Waals surface area (Å²) in [7, 11) is 0. The van der Waals surface area contributed by atoms with Crippen LogP contribution < -0.4 is 0 Å². The molecule has 0 aliphatic carbocycles. The van der Waals surface area contributed by atoms with Gasteiger partial charge in [0.15, 0.2) is 0 Å². The van der Waals surface area contributed by atoms with Gasteiger partial charge in [-0.25, -0.2) is 0 Å². The van der Waals surface area contributed by atoms with Gasteiger partial charge in [-0.1, -0.05) is 104 Å². The van der Waals surface area contributed by atoms with Gasteiger partial charge in [-0.3, -0.25) is 0 Å². The molecule has 0 amide bonds. The average molecular weight is 311 g/mol. The second-order valence-electron chi connectivity index (χ2n) is 8.07. The average Bonchev–Trinajstić information content (AvgIpc) is 2.48. The summed E-state index contributed by atoms with van der Waals surface area (Å²) in [6.45, 7) is 17.5. The first-order valence-corrected chi connectivity index (χ1v) is 8.85. The molecule has 0 bridgehead atoms. The zero-order chi connectivity index (χ0) is 17.7. The summed E-state index contributed by atoms with van der Waals surface area (Å²) >= 11 is 0. The van der Waals surface area contributed by atoms with Crippen LogP contribution in [0.5, 0.6) is 0 Å². The molecule has 0 saturated carbocycles. The fourth-order valence-corrected chi connectivity index (χ4v) is 2.48. The quantitative estimate of drug-likeness (QED) is 0.566. The van der Waals surface area contributed by atoms with Crippen LogP contribution in [0.15, 0.2) is 48.5 Å². The lowest BCUT2D eigenvalue weighted by atomic mass is 9.85. The highest BCUT2D eigenvalue weighted by Gasteiger charge is 2.14. The van der Waals surface area contributed by atoms with Gasteiger partial charge in [0.2, 0.25) is 0 Å². The molecule has 0 aliphatic heterocycles. The van der Waals surface area contributed by atoms with Crippen molar-refractivity contribution < 1.29 is 0 Å². The van der Waals surface area contributed by atoms with Crippen molar-refractivity contribution in [2.24, 2.45) is 0 Å². The Balaban J connectivity index is 0.00000127. The van der Waals surface area contributed by atoms with E-state index in [4.69, 9.17) is 0 Å². The van der Waals surface area contributed by atoms with Crippen LogP contribution in [0.3, 0.4) is 0 Å². The SMILES string of the molecule is CC.CC(C)(C)c1ccc(Cc2ccc(C(C)(C)C)cc2)cc1. The molecule has 2 aromatic rings. The number of hydrogen-bond donors (Lipinski definition) is 0. The fourth-order valence-electron chi connectivity index (χ4n) is 2.48. The molecule has 0 aliphatic rings. The molecular formula is C23H34. The Bertz CT molecular complexity index is 516. The Kier molecular flexibility index (Phi) is 6.62. The van der Waals surface area contributed by atoms with Crippen molar-refractivity contribution in [3.05, 3.63) is 70.8 Å². The van der Waals surface area contributed by atoms with Crippen molar-refractivity contribution in [1.29, 1.82) is 0 Å². The lowest BCUT2D eigenvalue weighted by Gasteiger charge is -2.20. The van der Waals surface area contributed by atoms with Crippen LogP contribution >= 0.6 is 0 Å². The minimum Gasteiger partial charge on any atom is -0.0683 e. The Hall–Kier alpha value is -1.56. The molecule has 126 valence electrons. The Morgan fingerprint density at radius 3 is 1.00 bits per heavy atom. The largest absolute Gasteiger partial charge is 0.0683 e. The first-order valence-electron chi connectivity index (χ1n) is 8.85. The zero-order valence-corrected chi connectivity index (χ0v) is 16.3. The summed E-state index contributed by atoms with van der Waals surface area (Å²) in [5.41, 5.74) is 6.02. The molecule has 0 spiro atoms. The topological polar surface area (TPSA) is 0 Å². The second-order valence-corrected chi connectivity index (χ2v) is 8.07. The standard InChI is InChI=1S/C21H28.C2H6/c1-20(2,3)18-11-7-16(8-12-18)15-17-9-13-19(14-10-17)21(4,5)6;1-2/h7-14H,15H2,1-6H3;1-2H3. The number of benzene rings is 2. The van der Waals surface area contributed by atoms with Gasteiger partial charge in [0, 0.05) is 0 Å². The van der Waals surface area contributed by atoms with E-state index >= 15 is 0 Å². The third-order valence-corrected chi connectivity index (χ3v) is 4.05. The third-order valence-electron chi connectivity index (χ3n) is 4.05. The lowest BCUT2D eigenvalue weighted by Crippen LogP contribution is -2.11. The third kappa shape index (κ3) is 5.86. The first-order chi connectivity index (χ1) is 10.7. The van der Waals surface area contributed by atoms with Crippen molar-refractivity contribution in [3.8, 4) is 0 Å². The summed E-state index contributed by atoms with van der Waals surface area (Å²) in [5, 5.41) is 0. The predicted octanol–water partition coefficient (Wildman–Crippen LogP) is 6.90. The van der Waals surface area contributed by atoms with Crippen molar-refractivity contribution >= 4 is 0 Å². The van der Waals surface area contributed by atoms with E-state index in [1.54, 1.807) is 0 Å². The van der Waals surface area contributed by atoms with E-state index in [9.17, 15) is 0 Å². The van der Waals surface area contributed by atoms with Crippen molar-refractivity contribution in [3.63, 3.8) is 0 Å². The molecule has 0 nitrogen and oxygen atoms in total. The van der Waals surface area contributed by atoms with Crippen LogP contribution in [0.1, 0.15) is 77.6 Å². The van der Waals surface area contributed by atoms with Gasteiger partial charge in [-0.15, -0.1) is 0 Å². The van der Waals surface area contributed by atoms with Gasteiger partial charge in [-0.05, 0) is 39.5 Å². The molecule has 0 radical (unpaired) electrons. The van der Waals surface area contributed by atoms with Crippen LogP contribution in [0.4, 0.5) is 0 Å². The van der Waals surface area contributed by atoms with Gasteiger partial charge >= 0.3 is 0 Å². The van der Waals surface area contributed by atoms with Crippen LogP contribution in [0.25, 0.3) is 0 Å². The van der Waals surface area contributed by atoms with E-state index in [-0.39, 0.29) is 10.8 Å². The monoisotopic (exact) mass is 310 g/mol. The Morgan fingerprint density at radius 2 is 0.783 bits per heavy atom. The second kappa shape index (κ2) is 7.81. The van der Waals surface area contributed by atoms with Crippen LogP contribution in [0, 0.1) is 0 Å². The molecule has 0 atom stereocenters. The minimum absolute atomic E-state index is 0.229.